The number of ether oxygens (including phenoxy) is 1. The second-order valence-corrected chi connectivity index (χ2v) is 5.47. The third-order valence-corrected chi connectivity index (χ3v) is 3.71. The second-order valence-electron chi connectivity index (χ2n) is 5.47. The molecule has 0 fully saturated rings. The van der Waals surface area contributed by atoms with E-state index >= 15 is 0 Å². The molecule has 0 aliphatic heterocycles. The number of hydrogen-bond donors (Lipinski definition) is 2. The molecule has 132 valence electrons. The number of nitrogens with zero attached hydrogens (tertiary/aromatic N) is 3. The first-order valence-corrected chi connectivity index (χ1v) is 8.21. The Hall–Kier alpha value is -3.48. The topological polar surface area (TPSA) is 92.3 Å². The van der Waals surface area contributed by atoms with Gasteiger partial charge in [-0.2, -0.15) is 10.2 Å². The Balaban J connectivity index is 1.75. The summed E-state index contributed by atoms with van der Waals surface area (Å²) in [7, 11) is 0. The van der Waals surface area contributed by atoms with Crippen LogP contribution in [0, 0.1) is 0 Å². The molecule has 1 aromatic carbocycles. The largest absolute Gasteiger partial charge is 0.493 e. The number of amides is 1. The van der Waals surface area contributed by atoms with Crippen LogP contribution in [0.25, 0.3) is 11.3 Å². The summed E-state index contributed by atoms with van der Waals surface area (Å²) in [5, 5.41) is 11.1. The van der Waals surface area contributed by atoms with Crippen LogP contribution in [0.1, 0.15) is 29.9 Å². The average molecular weight is 349 g/mol. The van der Waals surface area contributed by atoms with Gasteiger partial charge in [-0.3, -0.25) is 14.9 Å². The van der Waals surface area contributed by atoms with E-state index in [1.165, 1.54) is 0 Å². The molecule has 0 bridgehead atoms. The second kappa shape index (κ2) is 8.06. The normalized spacial score (nSPS) is 11.2. The smallest absolute Gasteiger partial charge is 0.289 e. The molecule has 0 radical (unpaired) electrons. The van der Waals surface area contributed by atoms with Crippen molar-refractivity contribution in [3.63, 3.8) is 0 Å². The molecular formula is C19H19N5O2. The monoisotopic (exact) mass is 349 g/mol. The van der Waals surface area contributed by atoms with Crippen LogP contribution in [-0.4, -0.2) is 33.4 Å². The summed E-state index contributed by atoms with van der Waals surface area (Å²) < 4.78 is 5.61. The molecule has 0 aliphatic carbocycles. The van der Waals surface area contributed by atoms with Crippen LogP contribution in [0.3, 0.4) is 0 Å². The predicted molar refractivity (Wildman–Crippen MR) is 99.1 cm³/mol. The molecule has 3 aromatic rings. The van der Waals surface area contributed by atoms with E-state index < -0.39 is 0 Å². The number of benzene rings is 1. The summed E-state index contributed by atoms with van der Waals surface area (Å²) in [4.78, 5) is 16.3. The molecule has 1 amide bonds. The van der Waals surface area contributed by atoms with Gasteiger partial charge in [0.1, 0.15) is 11.4 Å². The number of carbonyl (C=O) groups excluding carboxylic acids is 1. The quantitative estimate of drug-likeness (QED) is 0.528. The van der Waals surface area contributed by atoms with Crippen LogP contribution in [0.5, 0.6) is 5.75 Å². The van der Waals surface area contributed by atoms with Crippen molar-refractivity contribution in [3.05, 3.63) is 66.1 Å². The zero-order valence-electron chi connectivity index (χ0n) is 14.6. The fourth-order valence-corrected chi connectivity index (χ4v) is 2.39. The van der Waals surface area contributed by atoms with Crippen molar-refractivity contribution in [2.24, 2.45) is 5.10 Å². The Morgan fingerprint density at radius 3 is 2.77 bits per heavy atom. The maximum atomic E-state index is 12.3. The molecule has 0 unspecified atom stereocenters. The average Bonchev–Trinajstić information content (AvgIpc) is 3.17. The van der Waals surface area contributed by atoms with Gasteiger partial charge >= 0.3 is 0 Å². The fraction of sp³-hybridized carbons (Fsp3) is 0.158. The lowest BCUT2D eigenvalue weighted by Gasteiger charge is -2.07. The Morgan fingerprint density at radius 1 is 1.23 bits per heavy atom. The van der Waals surface area contributed by atoms with E-state index in [0.29, 0.717) is 23.7 Å². The Labute approximate surface area is 151 Å². The lowest BCUT2D eigenvalue weighted by Crippen LogP contribution is -2.19. The van der Waals surface area contributed by atoms with Crippen molar-refractivity contribution in [1.82, 2.24) is 20.6 Å². The van der Waals surface area contributed by atoms with Crippen LogP contribution in [0.2, 0.25) is 0 Å². The number of aromatic nitrogens is 3. The van der Waals surface area contributed by atoms with Crippen LogP contribution in [0.15, 0.2) is 60.0 Å². The number of carbonyl (C=O) groups is 1. The molecule has 7 heteroatoms. The molecule has 3 rings (SSSR count). The molecular weight excluding hydrogens is 330 g/mol. The Kier molecular flexibility index (Phi) is 5.38. The number of pyridine rings is 1. The number of aromatic amines is 1. The summed E-state index contributed by atoms with van der Waals surface area (Å²) >= 11 is 0. The lowest BCUT2D eigenvalue weighted by molar-refractivity contribution is 0.0950. The highest BCUT2D eigenvalue weighted by Crippen LogP contribution is 2.28. The van der Waals surface area contributed by atoms with E-state index in [2.05, 4.69) is 25.7 Å². The van der Waals surface area contributed by atoms with E-state index in [1.807, 2.05) is 50.2 Å². The summed E-state index contributed by atoms with van der Waals surface area (Å²) in [5.41, 5.74) is 5.87. The molecule has 0 saturated heterocycles. The van der Waals surface area contributed by atoms with Gasteiger partial charge in [0.2, 0.25) is 0 Å². The Morgan fingerprint density at radius 2 is 2.00 bits per heavy atom. The minimum atomic E-state index is -0.369. The molecule has 7 nitrogen and oxygen atoms in total. The summed E-state index contributed by atoms with van der Waals surface area (Å²) in [5.74, 6) is 0.353. The van der Waals surface area contributed by atoms with Crippen molar-refractivity contribution < 1.29 is 9.53 Å². The van der Waals surface area contributed by atoms with E-state index in [1.54, 1.807) is 18.5 Å². The first kappa shape index (κ1) is 17.3. The van der Waals surface area contributed by atoms with Crippen molar-refractivity contribution in [3.8, 4) is 17.0 Å². The minimum absolute atomic E-state index is 0.317. The zero-order valence-corrected chi connectivity index (χ0v) is 14.6. The van der Waals surface area contributed by atoms with Gasteiger partial charge in [0.15, 0.2) is 0 Å². The van der Waals surface area contributed by atoms with Gasteiger partial charge in [-0.1, -0.05) is 12.1 Å². The number of hydrogen-bond acceptors (Lipinski definition) is 5. The maximum Gasteiger partial charge on any atom is 0.289 e. The highest BCUT2D eigenvalue weighted by molar-refractivity contribution is 6.00. The van der Waals surface area contributed by atoms with Gasteiger partial charge in [-0.25, -0.2) is 5.43 Å². The van der Waals surface area contributed by atoms with Crippen LogP contribution < -0.4 is 10.2 Å². The number of nitrogens with one attached hydrogen (secondary N) is 2. The fourth-order valence-electron chi connectivity index (χ4n) is 2.39. The van der Waals surface area contributed by atoms with E-state index in [-0.39, 0.29) is 5.91 Å². The summed E-state index contributed by atoms with van der Waals surface area (Å²) in [6, 6.07) is 12.9. The minimum Gasteiger partial charge on any atom is -0.493 e. The van der Waals surface area contributed by atoms with Gasteiger partial charge in [0.05, 0.1) is 18.0 Å². The Bertz CT molecular complexity index is 918. The predicted octanol–water partition coefficient (Wildman–Crippen LogP) is 3.02. The summed E-state index contributed by atoms with van der Waals surface area (Å²) in [6.45, 7) is 4.29. The van der Waals surface area contributed by atoms with Gasteiger partial charge in [-0.15, -0.1) is 0 Å². The molecule has 2 aromatic heterocycles. The molecule has 0 saturated carbocycles. The molecule has 0 atom stereocenters. The third-order valence-electron chi connectivity index (χ3n) is 3.71. The molecule has 26 heavy (non-hydrogen) atoms. The highest BCUT2D eigenvalue weighted by atomic mass is 16.5. The van der Waals surface area contributed by atoms with E-state index in [0.717, 1.165) is 16.9 Å². The van der Waals surface area contributed by atoms with Gasteiger partial charge in [0, 0.05) is 23.5 Å². The first-order chi connectivity index (χ1) is 12.7. The number of H-pyrrole nitrogens is 1. The van der Waals surface area contributed by atoms with Gasteiger partial charge in [0.25, 0.3) is 5.91 Å². The highest BCUT2D eigenvalue weighted by Gasteiger charge is 2.13. The number of para-hydroxylation sites is 1. The first-order valence-electron chi connectivity index (χ1n) is 8.21. The number of rotatable bonds is 6. The molecule has 0 aliphatic rings. The lowest BCUT2D eigenvalue weighted by atomic mass is 10.1. The van der Waals surface area contributed by atoms with Crippen molar-refractivity contribution >= 4 is 11.6 Å². The zero-order chi connectivity index (χ0) is 18.4. The van der Waals surface area contributed by atoms with Gasteiger partial charge in [-0.05, 0) is 44.2 Å². The SMILES string of the molecule is CCOc1ccccc1-c1cc(C(=O)NN=C(C)c2ccncc2)[nH]n1. The van der Waals surface area contributed by atoms with Gasteiger partial charge < -0.3 is 4.74 Å². The van der Waals surface area contributed by atoms with Crippen LogP contribution >= 0.6 is 0 Å². The van der Waals surface area contributed by atoms with E-state index in [9.17, 15) is 4.79 Å². The molecule has 2 heterocycles. The molecule has 0 spiro atoms. The standard InChI is InChI=1S/C19H19N5O2/c1-3-26-18-7-5-4-6-15(18)16-12-17(23-22-16)19(25)24-21-13(2)14-8-10-20-11-9-14/h4-12H,3H2,1-2H3,(H,22,23)(H,24,25). The van der Waals surface area contributed by atoms with Crippen LogP contribution in [0.4, 0.5) is 0 Å². The number of hydrazone groups is 1. The third kappa shape index (κ3) is 3.94. The van der Waals surface area contributed by atoms with Crippen molar-refractivity contribution in [2.45, 2.75) is 13.8 Å². The maximum absolute atomic E-state index is 12.3. The van der Waals surface area contributed by atoms with Crippen molar-refractivity contribution in [2.75, 3.05) is 6.61 Å². The van der Waals surface area contributed by atoms with Crippen LogP contribution in [-0.2, 0) is 0 Å². The molecule has 2 N–H and O–H groups in total. The van der Waals surface area contributed by atoms with E-state index in [4.69, 9.17) is 4.74 Å². The van der Waals surface area contributed by atoms with Crippen molar-refractivity contribution in [1.29, 1.82) is 0 Å². The summed E-state index contributed by atoms with van der Waals surface area (Å²) in [6.07, 6.45) is 3.35.